The number of benzene rings is 2. The molecule has 4 rings (SSSR count). The number of halogens is 1. The summed E-state index contributed by atoms with van der Waals surface area (Å²) in [6.07, 6.45) is 3.23. The second-order valence-electron chi connectivity index (χ2n) is 5.08. The van der Waals surface area contributed by atoms with Gasteiger partial charge in [0.15, 0.2) is 5.82 Å². The minimum absolute atomic E-state index is 0.514. The van der Waals surface area contributed by atoms with Crippen LogP contribution in [0.25, 0.3) is 16.9 Å². The van der Waals surface area contributed by atoms with E-state index in [4.69, 9.17) is 17.3 Å². The van der Waals surface area contributed by atoms with E-state index in [0.29, 0.717) is 21.6 Å². The highest BCUT2D eigenvalue weighted by Gasteiger charge is 2.13. The molecule has 118 valence electrons. The highest BCUT2D eigenvalue weighted by molar-refractivity contribution is 7.99. The van der Waals surface area contributed by atoms with Crippen molar-refractivity contribution < 1.29 is 0 Å². The topological polar surface area (TPSA) is 69.6 Å². The number of nitrogens with zero attached hydrogens (tertiary/aromatic N) is 4. The minimum Gasteiger partial charge on any atom is -0.393 e. The summed E-state index contributed by atoms with van der Waals surface area (Å²) in [6.45, 7) is 0. The number of hydrogen-bond donors (Lipinski definition) is 1. The molecule has 4 aromatic rings. The standard InChI is InChI=1S/C17H12ClN5S/c18-11-5-7-12(8-6-11)24-17-15(19)16(20-9-21-17)23-10-22-13-3-1-2-4-14(13)23/h1-10H,19H2. The van der Waals surface area contributed by atoms with Crippen LogP contribution in [-0.4, -0.2) is 19.5 Å². The highest BCUT2D eigenvalue weighted by Crippen LogP contribution is 2.33. The first-order valence-electron chi connectivity index (χ1n) is 7.19. The summed E-state index contributed by atoms with van der Waals surface area (Å²) in [5.74, 6) is 0.621. The molecule has 0 bridgehead atoms. The SMILES string of the molecule is Nc1c(Sc2ccc(Cl)cc2)ncnc1-n1cnc2ccccc21. The van der Waals surface area contributed by atoms with Gasteiger partial charge in [0.1, 0.15) is 23.4 Å². The third kappa shape index (κ3) is 2.70. The van der Waals surface area contributed by atoms with Crippen molar-refractivity contribution in [2.24, 2.45) is 0 Å². The minimum atomic E-state index is 0.514. The first kappa shape index (κ1) is 15.0. The molecule has 7 heteroatoms. The van der Waals surface area contributed by atoms with Crippen LogP contribution < -0.4 is 5.73 Å². The average molecular weight is 354 g/mol. The summed E-state index contributed by atoms with van der Waals surface area (Å²) < 4.78 is 1.87. The van der Waals surface area contributed by atoms with Gasteiger partial charge in [0.2, 0.25) is 0 Å². The van der Waals surface area contributed by atoms with Gasteiger partial charge in [-0.1, -0.05) is 35.5 Å². The monoisotopic (exact) mass is 353 g/mol. The molecule has 24 heavy (non-hydrogen) atoms. The van der Waals surface area contributed by atoms with E-state index in [9.17, 15) is 0 Å². The van der Waals surface area contributed by atoms with E-state index >= 15 is 0 Å². The zero-order valence-corrected chi connectivity index (χ0v) is 14.0. The predicted octanol–water partition coefficient (Wildman–Crippen LogP) is 4.20. The van der Waals surface area contributed by atoms with E-state index in [-0.39, 0.29) is 0 Å². The lowest BCUT2D eigenvalue weighted by molar-refractivity contribution is 0.960. The number of anilines is 1. The molecular weight excluding hydrogens is 342 g/mol. The Morgan fingerprint density at radius 1 is 0.958 bits per heavy atom. The molecule has 0 saturated heterocycles. The van der Waals surface area contributed by atoms with Crippen molar-refractivity contribution in [2.45, 2.75) is 9.92 Å². The Morgan fingerprint density at radius 3 is 2.58 bits per heavy atom. The Balaban J connectivity index is 1.77. The number of hydrogen-bond acceptors (Lipinski definition) is 5. The van der Waals surface area contributed by atoms with Gasteiger partial charge in [-0.15, -0.1) is 0 Å². The molecular formula is C17H12ClN5S. The molecule has 0 fully saturated rings. The summed E-state index contributed by atoms with van der Waals surface area (Å²) in [5, 5.41) is 1.39. The molecule has 0 amide bonds. The maximum Gasteiger partial charge on any atom is 0.166 e. The summed E-state index contributed by atoms with van der Waals surface area (Å²) in [6, 6.07) is 15.4. The molecule has 0 unspecified atom stereocenters. The Bertz CT molecular complexity index is 1010. The van der Waals surface area contributed by atoms with Crippen LogP contribution >= 0.6 is 23.4 Å². The molecule has 0 atom stereocenters. The number of imidazole rings is 1. The lowest BCUT2D eigenvalue weighted by atomic mass is 10.3. The van der Waals surface area contributed by atoms with Crippen LogP contribution in [0, 0.1) is 0 Å². The van der Waals surface area contributed by atoms with Crippen LogP contribution in [0.3, 0.4) is 0 Å². The molecule has 0 aliphatic carbocycles. The van der Waals surface area contributed by atoms with Gasteiger partial charge in [-0.05, 0) is 36.4 Å². The Kier molecular flexibility index (Phi) is 3.84. The number of fused-ring (bicyclic) bond motifs is 1. The molecule has 0 radical (unpaired) electrons. The second kappa shape index (κ2) is 6.14. The summed E-state index contributed by atoms with van der Waals surface area (Å²) in [4.78, 5) is 14.0. The third-order valence-electron chi connectivity index (χ3n) is 3.54. The molecule has 0 aliphatic rings. The maximum atomic E-state index is 6.32. The van der Waals surface area contributed by atoms with E-state index in [0.717, 1.165) is 15.9 Å². The van der Waals surface area contributed by atoms with E-state index in [1.807, 2.05) is 53.1 Å². The van der Waals surface area contributed by atoms with Crippen LogP contribution in [0.1, 0.15) is 0 Å². The number of rotatable bonds is 3. The smallest absolute Gasteiger partial charge is 0.166 e. The molecule has 0 spiro atoms. The van der Waals surface area contributed by atoms with Crippen molar-refractivity contribution in [3.05, 3.63) is 66.2 Å². The van der Waals surface area contributed by atoms with Crippen LogP contribution in [0.2, 0.25) is 5.02 Å². The average Bonchev–Trinajstić information content (AvgIpc) is 3.03. The van der Waals surface area contributed by atoms with Gasteiger partial charge in [0, 0.05) is 9.92 Å². The zero-order chi connectivity index (χ0) is 16.5. The molecule has 2 aromatic heterocycles. The quantitative estimate of drug-likeness (QED) is 0.559. The van der Waals surface area contributed by atoms with Gasteiger partial charge in [0.05, 0.1) is 11.0 Å². The first-order chi connectivity index (χ1) is 11.7. The fourth-order valence-electron chi connectivity index (χ4n) is 2.39. The zero-order valence-electron chi connectivity index (χ0n) is 12.4. The van der Waals surface area contributed by atoms with Crippen molar-refractivity contribution in [1.82, 2.24) is 19.5 Å². The van der Waals surface area contributed by atoms with Gasteiger partial charge in [0.25, 0.3) is 0 Å². The summed E-state index contributed by atoms with van der Waals surface area (Å²) >= 11 is 7.40. The Morgan fingerprint density at radius 2 is 1.75 bits per heavy atom. The van der Waals surface area contributed by atoms with Gasteiger partial charge in [-0.3, -0.25) is 4.57 Å². The molecule has 0 saturated carbocycles. The molecule has 2 aromatic carbocycles. The fourth-order valence-corrected chi connectivity index (χ4v) is 3.31. The normalized spacial score (nSPS) is 11.0. The molecule has 2 heterocycles. The second-order valence-corrected chi connectivity index (χ2v) is 6.57. The van der Waals surface area contributed by atoms with Gasteiger partial charge in [-0.25, -0.2) is 15.0 Å². The highest BCUT2D eigenvalue weighted by atomic mass is 35.5. The van der Waals surface area contributed by atoms with Crippen LogP contribution in [0.15, 0.2) is 71.1 Å². The molecule has 0 aliphatic heterocycles. The van der Waals surface area contributed by atoms with Crippen molar-refractivity contribution in [3.63, 3.8) is 0 Å². The van der Waals surface area contributed by atoms with E-state index < -0.39 is 0 Å². The lowest BCUT2D eigenvalue weighted by Crippen LogP contribution is -2.04. The summed E-state index contributed by atoms with van der Waals surface area (Å²) in [5.41, 5.74) is 8.68. The fraction of sp³-hybridized carbons (Fsp3) is 0. The van der Waals surface area contributed by atoms with Crippen LogP contribution in [0.4, 0.5) is 5.69 Å². The van der Waals surface area contributed by atoms with Gasteiger partial charge < -0.3 is 5.73 Å². The van der Waals surface area contributed by atoms with E-state index in [2.05, 4.69) is 15.0 Å². The van der Waals surface area contributed by atoms with Crippen molar-refractivity contribution >= 4 is 40.1 Å². The van der Waals surface area contributed by atoms with Crippen molar-refractivity contribution in [1.29, 1.82) is 0 Å². The molecule has 2 N–H and O–H groups in total. The maximum absolute atomic E-state index is 6.32. The number of aromatic nitrogens is 4. The number of nitrogen functional groups attached to an aromatic ring is 1. The largest absolute Gasteiger partial charge is 0.393 e. The summed E-state index contributed by atoms with van der Waals surface area (Å²) in [7, 11) is 0. The van der Waals surface area contributed by atoms with Gasteiger partial charge in [-0.2, -0.15) is 0 Å². The van der Waals surface area contributed by atoms with Crippen molar-refractivity contribution in [2.75, 3.05) is 5.73 Å². The molecule has 5 nitrogen and oxygen atoms in total. The number of nitrogens with two attached hydrogens (primary N) is 1. The predicted molar refractivity (Wildman–Crippen MR) is 96.6 cm³/mol. The number of para-hydroxylation sites is 2. The van der Waals surface area contributed by atoms with E-state index in [1.165, 1.54) is 18.1 Å². The van der Waals surface area contributed by atoms with E-state index in [1.54, 1.807) is 6.33 Å². The van der Waals surface area contributed by atoms with Gasteiger partial charge >= 0.3 is 0 Å². The van der Waals surface area contributed by atoms with Crippen LogP contribution in [0.5, 0.6) is 0 Å². The Hall–Kier alpha value is -2.57. The Labute approximate surface area is 147 Å². The third-order valence-corrected chi connectivity index (χ3v) is 4.81. The lowest BCUT2D eigenvalue weighted by Gasteiger charge is -2.10. The van der Waals surface area contributed by atoms with Crippen LogP contribution in [-0.2, 0) is 0 Å². The van der Waals surface area contributed by atoms with Crippen molar-refractivity contribution in [3.8, 4) is 5.82 Å². The first-order valence-corrected chi connectivity index (χ1v) is 8.38.